The molecule has 8 nitrogen and oxygen atoms in total. The first-order valence-electron chi connectivity index (χ1n) is 9.84. The average Bonchev–Trinajstić information content (AvgIpc) is 3.17. The summed E-state index contributed by atoms with van der Waals surface area (Å²) in [7, 11) is 0. The number of amides is 1. The van der Waals surface area contributed by atoms with Gasteiger partial charge >= 0.3 is 5.69 Å². The van der Waals surface area contributed by atoms with Gasteiger partial charge in [0.05, 0.1) is 0 Å². The maximum atomic E-state index is 12.6. The molecule has 0 atom stereocenters. The third-order valence-electron chi connectivity index (χ3n) is 4.85. The van der Waals surface area contributed by atoms with Crippen LogP contribution >= 0.6 is 0 Å². The zero-order valence-corrected chi connectivity index (χ0v) is 16.9. The van der Waals surface area contributed by atoms with Gasteiger partial charge in [-0.1, -0.05) is 60.7 Å². The van der Waals surface area contributed by atoms with E-state index in [0.717, 1.165) is 11.1 Å². The van der Waals surface area contributed by atoms with Crippen molar-refractivity contribution in [2.24, 2.45) is 0 Å². The highest BCUT2D eigenvalue weighted by atomic mass is 16.4. The van der Waals surface area contributed by atoms with Crippen LogP contribution in [-0.2, 0) is 11.3 Å². The number of rotatable bonds is 6. The third kappa shape index (κ3) is 4.27. The third-order valence-corrected chi connectivity index (χ3v) is 4.85. The van der Waals surface area contributed by atoms with Crippen LogP contribution in [0.3, 0.4) is 0 Å². The Kier molecular flexibility index (Phi) is 5.81. The second kappa shape index (κ2) is 9.02. The van der Waals surface area contributed by atoms with E-state index in [0.29, 0.717) is 11.3 Å². The van der Waals surface area contributed by atoms with Gasteiger partial charge in [-0.15, -0.1) is 0 Å². The van der Waals surface area contributed by atoms with Gasteiger partial charge in [-0.05, 0) is 5.56 Å². The molecular formula is C24H18N4O4. The van der Waals surface area contributed by atoms with Gasteiger partial charge in [0.15, 0.2) is 0 Å². The minimum absolute atomic E-state index is 0.0454. The van der Waals surface area contributed by atoms with E-state index in [1.807, 2.05) is 60.7 Å². The van der Waals surface area contributed by atoms with Gasteiger partial charge in [-0.2, -0.15) is 5.26 Å². The number of nitrogens with zero attached hydrogens (tertiary/aromatic N) is 2. The second-order valence-electron chi connectivity index (χ2n) is 6.96. The monoisotopic (exact) mass is 426 g/mol. The molecule has 8 heteroatoms. The summed E-state index contributed by atoms with van der Waals surface area (Å²) in [5, 5.41) is 12.5. The van der Waals surface area contributed by atoms with Crippen molar-refractivity contribution in [2.75, 3.05) is 5.32 Å². The molecule has 158 valence electrons. The first kappa shape index (κ1) is 20.6. The Labute approximate surface area is 182 Å². The first-order chi connectivity index (χ1) is 15.6. The highest BCUT2D eigenvalue weighted by molar-refractivity contribution is 5.95. The minimum Gasteiger partial charge on any atom is -0.438 e. The molecule has 1 amide bonds. The normalized spacial score (nSPS) is 10.5. The van der Waals surface area contributed by atoms with Crippen LogP contribution in [0.5, 0.6) is 0 Å². The van der Waals surface area contributed by atoms with E-state index >= 15 is 0 Å². The van der Waals surface area contributed by atoms with E-state index in [4.69, 9.17) is 4.42 Å². The SMILES string of the molecule is N#Cc1c(NC(=O)CCn2ccc(=O)[nH]c2=O)oc(-c2ccccc2)c1-c1ccccc1. The Bertz CT molecular complexity index is 1410. The van der Waals surface area contributed by atoms with Crippen molar-refractivity contribution in [2.45, 2.75) is 13.0 Å². The highest BCUT2D eigenvalue weighted by Crippen LogP contribution is 2.41. The van der Waals surface area contributed by atoms with Crippen molar-refractivity contribution in [1.29, 1.82) is 5.26 Å². The molecule has 0 saturated carbocycles. The van der Waals surface area contributed by atoms with E-state index in [1.54, 1.807) is 0 Å². The molecule has 0 unspecified atom stereocenters. The molecule has 2 aromatic heterocycles. The number of hydrogen-bond acceptors (Lipinski definition) is 5. The van der Waals surface area contributed by atoms with Crippen LogP contribution in [-0.4, -0.2) is 15.5 Å². The van der Waals surface area contributed by atoms with Crippen LogP contribution < -0.4 is 16.6 Å². The zero-order chi connectivity index (χ0) is 22.5. The van der Waals surface area contributed by atoms with Crippen molar-refractivity contribution >= 4 is 11.8 Å². The van der Waals surface area contributed by atoms with Crippen LogP contribution in [0.1, 0.15) is 12.0 Å². The number of H-pyrrole nitrogens is 1. The number of furan rings is 1. The molecule has 4 rings (SSSR count). The number of nitrogens with one attached hydrogen (secondary N) is 2. The van der Waals surface area contributed by atoms with Gasteiger partial charge in [-0.25, -0.2) is 4.79 Å². The van der Waals surface area contributed by atoms with Crippen molar-refractivity contribution < 1.29 is 9.21 Å². The van der Waals surface area contributed by atoms with Crippen LogP contribution in [0.15, 0.2) is 86.9 Å². The van der Waals surface area contributed by atoms with E-state index < -0.39 is 17.2 Å². The zero-order valence-electron chi connectivity index (χ0n) is 16.9. The number of carbonyl (C=O) groups is 1. The fourth-order valence-corrected chi connectivity index (χ4v) is 3.33. The van der Waals surface area contributed by atoms with E-state index in [9.17, 15) is 19.6 Å². The number of aromatic nitrogens is 2. The van der Waals surface area contributed by atoms with E-state index in [1.165, 1.54) is 16.8 Å². The molecule has 0 bridgehead atoms. The van der Waals surface area contributed by atoms with Crippen LogP contribution in [0.4, 0.5) is 5.88 Å². The Balaban J connectivity index is 1.66. The van der Waals surface area contributed by atoms with E-state index in [2.05, 4.69) is 16.4 Å². The number of benzene rings is 2. The number of hydrogen-bond donors (Lipinski definition) is 2. The summed E-state index contributed by atoms with van der Waals surface area (Å²) in [4.78, 5) is 37.7. The molecule has 0 radical (unpaired) electrons. The van der Waals surface area contributed by atoms with Crippen LogP contribution in [0.25, 0.3) is 22.5 Å². The molecule has 0 fully saturated rings. The molecule has 2 aromatic carbocycles. The van der Waals surface area contributed by atoms with Crippen molar-refractivity contribution in [3.05, 3.63) is 99.3 Å². The van der Waals surface area contributed by atoms with Crippen molar-refractivity contribution in [1.82, 2.24) is 9.55 Å². The predicted molar refractivity (Wildman–Crippen MR) is 119 cm³/mol. The summed E-state index contributed by atoms with van der Waals surface area (Å²) in [5.41, 5.74) is 1.25. The minimum atomic E-state index is -0.598. The topological polar surface area (TPSA) is 121 Å². The molecular weight excluding hydrogens is 408 g/mol. The van der Waals surface area contributed by atoms with Gasteiger partial charge in [0.25, 0.3) is 5.56 Å². The summed E-state index contributed by atoms with van der Waals surface area (Å²) in [6.07, 6.45) is 1.27. The molecule has 2 heterocycles. The number of nitriles is 1. The number of anilines is 1. The summed E-state index contributed by atoms with van der Waals surface area (Å²) < 4.78 is 7.19. The standard InChI is InChI=1S/C24H18N4O4/c25-15-18-21(16-7-3-1-4-8-16)22(17-9-5-2-6-10-17)32-23(18)26-19(29)11-13-28-14-12-20(30)27-24(28)31/h1-10,12,14H,11,13H2,(H,26,29)(H,27,30,31). The number of aryl methyl sites for hydroxylation is 1. The van der Waals surface area contributed by atoms with Crippen LogP contribution in [0, 0.1) is 11.3 Å². The summed E-state index contributed by atoms with van der Waals surface area (Å²) in [6, 6.07) is 22.0. The summed E-state index contributed by atoms with van der Waals surface area (Å²) in [6.45, 7) is 0.0567. The van der Waals surface area contributed by atoms with E-state index in [-0.39, 0.29) is 24.4 Å². The lowest BCUT2D eigenvalue weighted by atomic mass is 9.98. The molecule has 4 aromatic rings. The summed E-state index contributed by atoms with van der Waals surface area (Å²) >= 11 is 0. The maximum Gasteiger partial charge on any atom is 0.328 e. The Morgan fingerprint density at radius 1 is 1.00 bits per heavy atom. The highest BCUT2D eigenvalue weighted by Gasteiger charge is 2.24. The fraction of sp³-hybridized carbons (Fsp3) is 0.0833. The van der Waals surface area contributed by atoms with Crippen molar-refractivity contribution in [3.8, 4) is 28.5 Å². The van der Waals surface area contributed by atoms with Gasteiger partial charge in [0, 0.05) is 36.4 Å². The molecule has 0 saturated heterocycles. The van der Waals surface area contributed by atoms with Gasteiger partial charge in [0.1, 0.15) is 17.4 Å². The molecule has 0 aliphatic carbocycles. The lowest BCUT2D eigenvalue weighted by Gasteiger charge is -2.05. The number of aromatic amines is 1. The predicted octanol–water partition coefficient (Wildman–Crippen LogP) is 3.36. The molecule has 0 aliphatic heterocycles. The fourth-order valence-electron chi connectivity index (χ4n) is 3.33. The van der Waals surface area contributed by atoms with Crippen LogP contribution in [0.2, 0.25) is 0 Å². The summed E-state index contributed by atoms with van der Waals surface area (Å²) in [5.74, 6) is 0.0806. The maximum absolute atomic E-state index is 12.6. The first-order valence-corrected chi connectivity index (χ1v) is 9.84. The number of carbonyl (C=O) groups excluding carboxylic acids is 1. The molecule has 32 heavy (non-hydrogen) atoms. The molecule has 0 aliphatic rings. The largest absolute Gasteiger partial charge is 0.438 e. The van der Waals surface area contributed by atoms with Gasteiger partial charge in [0.2, 0.25) is 11.8 Å². The smallest absolute Gasteiger partial charge is 0.328 e. The lowest BCUT2D eigenvalue weighted by Crippen LogP contribution is -2.29. The Morgan fingerprint density at radius 3 is 2.28 bits per heavy atom. The average molecular weight is 426 g/mol. The molecule has 2 N–H and O–H groups in total. The molecule has 0 spiro atoms. The Hall–Kier alpha value is -4.64. The quantitative estimate of drug-likeness (QED) is 0.490. The van der Waals surface area contributed by atoms with Crippen molar-refractivity contribution in [3.63, 3.8) is 0 Å². The lowest BCUT2D eigenvalue weighted by molar-refractivity contribution is -0.116. The van der Waals surface area contributed by atoms with Gasteiger partial charge < -0.3 is 8.98 Å². The van der Waals surface area contributed by atoms with Gasteiger partial charge in [-0.3, -0.25) is 19.9 Å². The Morgan fingerprint density at radius 2 is 1.66 bits per heavy atom. The second-order valence-corrected chi connectivity index (χ2v) is 6.96.